The molecule has 23 heavy (non-hydrogen) atoms. The van der Waals surface area contributed by atoms with E-state index in [2.05, 4.69) is 12.6 Å². The van der Waals surface area contributed by atoms with Crippen LogP contribution >= 0.6 is 24.2 Å². The smallest absolute Gasteiger partial charge is 0.265 e. The Labute approximate surface area is 142 Å². The third-order valence-electron chi connectivity index (χ3n) is 3.96. The Kier molecular flexibility index (Phi) is 3.18. The Morgan fingerprint density at radius 3 is 2.17 bits per heavy atom. The number of carbonyl (C=O) groups excluding carboxylic acids is 2. The Hall–Kier alpha value is -2.30. The first-order valence-electron chi connectivity index (χ1n) is 6.97. The van der Waals surface area contributed by atoms with Crippen LogP contribution in [-0.4, -0.2) is 11.8 Å². The minimum atomic E-state index is -0.345. The summed E-state index contributed by atoms with van der Waals surface area (Å²) in [6, 6.07) is 15.6. The predicted molar refractivity (Wildman–Crippen MR) is 93.8 cm³/mol. The van der Waals surface area contributed by atoms with Gasteiger partial charge in [-0.05, 0) is 42.5 Å². The molecule has 0 N–H and O–H groups in total. The summed E-state index contributed by atoms with van der Waals surface area (Å²) in [6.45, 7) is 0. The Morgan fingerprint density at radius 2 is 1.48 bits per heavy atom. The average molecular weight is 340 g/mol. The summed E-state index contributed by atoms with van der Waals surface area (Å²) < 4.78 is 0. The minimum absolute atomic E-state index is 0.345. The number of imide groups is 1. The van der Waals surface area contributed by atoms with Crippen LogP contribution in [0, 0.1) is 0 Å². The van der Waals surface area contributed by atoms with Gasteiger partial charge < -0.3 is 0 Å². The van der Waals surface area contributed by atoms with Crippen molar-refractivity contribution in [1.82, 2.24) is 0 Å². The number of carbonyl (C=O) groups is 2. The van der Waals surface area contributed by atoms with E-state index in [1.165, 1.54) is 4.90 Å². The molecule has 4 rings (SSSR count). The van der Waals surface area contributed by atoms with Gasteiger partial charge in [-0.1, -0.05) is 23.7 Å². The summed E-state index contributed by atoms with van der Waals surface area (Å²) in [5, 5.41) is 1.87. The maximum atomic E-state index is 12.9. The minimum Gasteiger partial charge on any atom is -0.268 e. The Morgan fingerprint density at radius 1 is 0.826 bits per heavy atom. The standard InChI is InChI=1S/C18H10ClNO2S/c19-15-9-8-14-16-12(15)2-1-3-13(16)17(21)20(18(14)22)10-4-6-11(23)7-5-10/h1-9,23H. The van der Waals surface area contributed by atoms with Crippen LogP contribution in [0.1, 0.15) is 20.7 Å². The first-order valence-corrected chi connectivity index (χ1v) is 7.79. The van der Waals surface area contributed by atoms with Gasteiger partial charge in [0.05, 0.1) is 5.69 Å². The van der Waals surface area contributed by atoms with Crippen LogP contribution in [-0.2, 0) is 0 Å². The summed E-state index contributed by atoms with van der Waals surface area (Å²) in [4.78, 5) is 27.7. The summed E-state index contributed by atoms with van der Waals surface area (Å²) in [5.41, 5.74) is 1.49. The van der Waals surface area contributed by atoms with Crippen molar-refractivity contribution in [2.45, 2.75) is 4.90 Å². The van der Waals surface area contributed by atoms with Crippen LogP contribution in [0.15, 0.2) is 59.5 Å². The predicted octanol–water partition coefficient (Wildman–Crippen LogP) is 4.58. The molecule has 0 radical (unpaired) electrons. The van der Waals surface area contributed by atoms with Crippen molar-refractivity contribution in [3.05, 3.63) is 70.7 Å². The molecule has 1 aliphatic heterocycles. The van der Waals surface area contributed by atoms with Crippen LogP contribution in [0.25, 0.3) is 10.8 Å². The molecule has 5 heteroatoms. The molecule has 112 valence electrons. The van der Waals surface area contributed by atoms with Gasteiger partial charge >= 0.3 is 0 Å². The number of hydrogen-bond donors (Lipinski definition) is 1. The van der Waals surface area contributed by atoms with E-state index in [9.17, 15) is 9.59 Å². The number of thiol groups is 1. The normalized spacial score (nSPS) is 13.7. The second-order valence-electron chi connectivity index (χ2n) is 5.29. The van der Waals surface area contributed by atoms with Crippen LogP contribution in [0.4, 0.5) is 5.69 Å². The molecule has 0 unspecified atom stereocenters. The van der Waals surface area contributed by atoms with E-state index in [1.807, 2.05) is 6.07 Å². The van der Waals surface area contributed by atoms with Crippen molar-refractivity contribution >= 4 is 52.5 Å². The van der Waals surface area contributed by atoms with Gasteiger partial charge in [-0.25, -0.2) is 4.90 Å². The summed E-state index contributed by atoms with van der Waals surface area (Å²) >= 11 is 10.4. The van der Waals surface area contributed by atoms with Crippen LogP contribution in [0.3, 0.4) is 0 Å². The molecule has 0 aromatic heterocycles. The molecule has 0 bridgehead atoms. The lowest BCUT2D eigenvalue weighted by molar-refractivity contribution is 0.0893. The average Bonchev–Trinajstić information content (AvgIpc) is 2.56. The number of halogens is 1. The molecule has 0 saturated carbocycles. The summed E-state index contributed by atoms with van der Waals surface area (Å²) in [7, 11) is 0. The zero-order valence-electron chi connectivity index (χ0n) is 11.8. The molecule has 0 aliphatic carbocycles. The molecule has 2 amide bonds. The molecule has 0 atom stereocenters. The Balaban J connectivity index is 1.99. The first kappa shape index (κ1) is 14.3. The largest absolute Gasteiger partial charge is 0.268 e. The van der Waals surface area contributed by atoms with Crippen LogP contribution in [0.2, 0.25) is 5.02 Å². The van der Waals surface area contributed by atoms with Crippen molar-refractivity contribution in [3.8, 4) is 0 Å². The van der Waals surface area contributed by atoms with Gasteiger partial charge in [0.25, 0.3) is 11.8 Å². The lowest BCUT2D eigenvalue weighted by Crippen LogP contribution is -2.40. The highest BCUT2D eigenvalue weighted by Crippen LogP contribution is 2.35. The monoisotopic (exact) mass is 339 g/mol. The third-order valence-corrected chi connectivity index (χ3v) is 4.59. The van der Waals surface area contributed by atoms with Gasteiger partial charge in [0.15, 0.2) is 0 Å². The van der Waals surface area contributed by atoms with Crippen molar-refractivity contribution in [2.75, 3.05) is 4.90 Å². The fraction of sp³-hybridized carbons (Fsp3) is 0. The zero-order chi connectivity index (χ0) is 16.1. The van der Waals surface area contributed by atoms with Crippen molar-refractivity contribution in [1.29, 1.82) is 0 Å². The molecule has 0 saturated heterocycles. The van der Waals surface area contributed by atoms with Crippen molar-refractivity contribution in [2.24, 2.45) is 0 Å². The topological polar surface area (TPSA) is 37.4 Å². The van der Waals surface area contributed by atoms with E-state index >= 15 is 0 Å². The SMILES string of the molecule is O=C1c2cccc3c(Cl)ccc(c23)C(=O)N1c1ccc(S)cc1. The van der Waals surface area contributed by atoms with Gasteiger partial charge in [-0.2, -0.15) is 0 Å². The molecule has 3 aromatic rings. The van der Waals surface area contributed by atoms with Gasteiger partial charge in [0.1, 0.15) is 0 Å². The van der Waals surface area contributed by atoms with E-state index in [4.69, 9.17) is 11.6 Å². The molecule has 1 heterocycles. The fourth-order valence-electron chi connectivity index (χ4n) is 2.90. The third kappa shape index (κ3) is 2.06. The Bertz CT molecular complexity index is 960. The van der Waals surface area contributed by atoms with E-state index in [0.717, 1.165) is 4.90 Å². The second kappa shape index (κ2) is 5.11. The van der Waals surface area contributed by atoms with E-state index in [-0.39, 0.29) is 11.8 Å². The number of rotatable bonds is 1. The van der Waals surface area contributed by atoms with E-state index in [0.29, 0.717) is 32.6 Å². The number of amides is 2. The van der Waals surface area contributed by atoms with Crippen LogP contribution < -0.4 is 4.90 Å². The van der Waals surface area contributed by atoms with Crippen LogP contribution in [0.5, 0.6) is 0 Å². The molecule has 0 spiro atoms. The number of hydrogen-bond acceptors (Lipinski definition) is 3. The molecule has 0 fully saturated rings. The van der Waals surface area contributed by atoms with Crippen molar-refractivity contribution < 1.29 is 9.59 Å². The maximum Gasteiger partial charge on any atom is 0.265 e. The lowest BCUT2D eigenvalue weighted by atomic mass is 9.93. The van der Waals surface area contributed by atoms with Gasteiger partial charge in [-0.15, -0.1) is 12.6 Å². The van der Waals surface area contributed by atoms with Gasteiger partial charge in [0, 0.05) is 31.8 Å². The molecule has 3 nitrogen and oxygen atoms in total. The highest BCUT2D eigenvalue weighted by Gasteiger charge is 2.34. The molecular weight excluding hydrogens is 330 g/mol. The molecule has 1 aliphatic rings. The first-order chi connectivity index (χ1) is 11.1. The number of benzene rings is 3. The zero-order valence-corrected chi connectivity index (χ0v) is 13.4. The van der Waals surface area contributed by atoms with E-state index in [1.54, 1.807) is 48.5 Å². The second-order valence-corrected chi connectivity index (χ2v) is 6.21. The number of nitrogens with zero attached hydrogens (tertiary/aromatic N) is 1. The van der Waals surface area contributed by atoms with Gasteiger partial charge in [0.2, 0.25) is 0 Å². The van der Waals surface area contributed by atoms with E-state index < -0.39 is 0 Å². The summed E-state index contributed by atoms with van der Waals surface area (Å²) in [5.74, 6) is -0.690. The highest BCUT2D eigenvalue weighted by atomic mass is 35.5. The molecule has 3 aromatic carbocycles. The number of anilines is 1. The van der Waals surface area contributed by atoms with Crippen molar-refractivity contribution in [3.63, 3.8) is 0 Å². The highest BCUT2D eigenvalue weighted by molar-refractivity contribution is 7.80. The fourth-order valence-corrected chi connectivity index (χ4v) is 3.27. The quantitative estimate of drug-likeness (QED) is 0.520. The summed E-state index contributed by atoms with van der Waals surface area (Å²) in [6.07, 6.45) is 0. The maximum absolute atomic E-state index is 12.9. The molecular formula is C18H10ClNO2S. The lowest BCUT2D eigenvalue weighted by Gasteiger charge is -2.27. The van der Waals surface area contributed by atoms with Gasteiger partial charge in [-0.3, -0.25) is 9.59 Å².